The standard InChI is InChI=1S/C11H19FN2O2/c1-5-8(12)6-7-9(13)14-10(15)16-11(2,3)4/h5-6,9H,1,7,13H2,2-4H3,(H,14,15)/b8-6+. The van der Waals surface area contributed by atoms with Gasteiger partial charge in [0.15, 0.2) is 0 Å². The molecule has 1 amide bonds. The van der Waals surface area contributed by atoms with Gasteiger partial charge in [0.05, 0.1) is 6.17 Å². The van der Waals surface area contributed by atoms with Crippen molar-refractivity contribution in [1.29, 1.82) is 0 Å². The number of hydrogen-bond acceptors (Lipinski definition) is 3. The maximum absolute atomic E-state index is 12.6. The summed E-state index contributed by atoms with van der Waals surface area (Å²) in [6.45, 7) is 8.49. The van der Waals surface area contributed by atoms with Gasteiger partial charge >= 0.3 is 6.09 Å². The number of nitrogens with one attached hydrogen (secondary N) is 1. The second-order valence-corrected chi connectivity index (χ2v) is 4.28. The third-order valence-electron chi connectivity index (χ3n) is 1.46. The van der Waals surface area contributed by atoms with Crippen molar-refractivity contribution in [2.24, 2.45) is 5.73 Å². The van der Waals surface area contributed by atoms with Crippen molar-refractivity contribution in [2.45, 2.75) is 39.0 Å². The third-order valence-corrected chi connectivity index (χ3v) is 1.46. The van der Waals surface area contributed by atoms with Crippen LogP contribution >= 0.6 is 0 Å². The van der Waals surface area contributed by atoms with Crippen molar-refractivity contribution in [2.75, 3.05) is 0 Å². The topological polar surface area (TPSA) is 64.3 Å². The van der Waals surface area contributed by atoms with Crippen LogP contribution in [0.1, 0.15) is 27.2 Å². The van der Waals surface area contributed by atoms with Crippen molar-refractivity contribution in [1.82, 2.24) is 5.32 Å². The summed E-state index contributed by atoms with van der Waals surface area (Å²) < 4.78 is 17.6. The molecule has 0 aliphatic carbocycles. The molecule has 0 fully saturated rings. The number of carbonyl (C=O) groups is 1. The van der Waals surface area contributed by atoms with Crippen LogP contribution in [0.3, 0.4) is 0 Å². The smallest absolute Gasteiger partial charge is 0.408 e. The number of nitrogens with two attached hydrogens (primary N) is 1. The zero-order chi connectivity index (χ0) is 12.8. The van der Waals surface area contributed by atoms with Crippen molar-refractivity contribution >= 4 is 6.09 Å². The molecule has 0 aliphatic heterocycles. The van der Waals surface area contributed by atoms with Crippen molar-refractivity contribution in [3.8, 4) is 0 Å². The van der Waals surface area contributed by atoms with Crippen LogP contribution in [0.5, 0.6) is 0 Å². The first kappa shape index (κ1) is 14.6. The predicted octanol–water partition coefficient (Wildman–Crippen LogP) is 2.23. The van der Waals surface area contributed by atoms with E-state index in [4.69, 9.17) is 10.5 Å². The van der Waals surface area contributed by atoms with Gasteiger partial charge in [-0.2, -0.15) is 0 Å². The molecular formula is C11H19FN2O2. The van der Waals surface area contributed by atoms with E-state index >= 15 is 0 Å². The summed E-state index contributed by atoms with van der Waals surface area (Å²) in [6.07, 6.45) is 1.19. The van der Waals surface area contributed by atoms with E-state index < -0.39 is 23.7 Å². The average Bonchev–Trinajstić information content (AvgIpc) is 2.10. The Kier molecular flexibility index (Phi) is 5.74. The fraction of sp³-hybridized carbons (Fsp3) is 0.545. The van der Waals surface area contributed by atoms with Crippen LogP contribution in [0.15, 0.2) is 24.6 Å². The van der Waals surface area contributed by atoms with Gasteiger partial charge in [-0.05, 0) is 32.9 Å². The first-order chi connectivity index (χ1) is 7.24. The number of halogens is 1. The van der Waals surface area contributed by atoms with Crippen LogP contribution in [0.25, 0.3) is 0 Å². The lowest BCUT2D eigenvalue weighted by Gasteiger charge is -2.21. The molecule has 3 N–H and O–H groups in total. The lowest BCUT2D eigenvalue weighted by molar-refractivity contribution is 0.0506. The molecule has 16 heavy (non-hydrogen) atoms. The first-order valence-electron chi connectivity index (χ1n) is 4.98. The van der Waals surface area contributed by atoms with Crippen LogP contribution in [-0.2, 0) is 4.74 Å². The summed E-state index contributed by atoms with van der Waals surface area (Å²) in [7, 11) is 0. The maximum Gasteiger partial charge on any atom is 0.408 e. The molecular weight excluding hydrogens is 211 g/mol. The minimum absolute atomic E-state index is 0.178. The van der Waals surface area contributed by atoms with E-state index in [1.165, 1.54) is 6.08 Å². The molecule has 0 aromatic heterocycles. The molecule has 0 saturated carbocycles. The Morgan fingerprint density at radius 3 is 2.62 bits per heavy atom. The molecule has 0 aliphatic rings. The molecule has 0 saturated heterocycles. The minimum Gasteiger partial charge on any atom is -0.444 e. The van der Waals surface area contributed by atoms with E-state index in [2.05, 4.69) is 11.9 Å². The Hall–Kier alpha value is -1.36. The highest BCUT2D eigenvalue weighted by molar-refractivity contribution is 5.68. The van der Waals surface area contributed by atoms with Crippen LogP contribution in [0.4, 0.5) is 9.18 Å². The maximum atomic E-state index is 12.6. The molecule has 0 bridgehead atoms. The number of ether oxygens (including phenoxy) is 1. The summed E-state index contributed by atoms with van der Waals surface area (Å²) in [5.41, 5.74) is 4.96. The Morgan fingerprint density at radius 2 is 2.19 bits per heavy atom. The molecule has 1 unspecified atom stereocenters. The van der Waals surface area contributed by atoms with Gasteiger partial charge in [-0.25, -0.2) is 9.18 Å². The Morgan fingerprint density at radius 1 is 1.62 bits per heavy atom. The molecule has 0 aromatic carbocycles. The van der Waals surface area contributed by atoms with Gasteiger partial charge in [-0.1, -0.05) is 6.58 Å². The van der Waals surface area contributed by atoms with Crippen molar-refractivity contribution in [3.63, 3.8) is 0 Å². The monoisotopic (exact) mass is 230 g/mol. The lowest BCUT2D eigenvalue weighted by atomic mass is 10.2. The van der Waals surface area contributed by atoms with Crippen molar-refractivity contribution in [3.05, 3.63) is 24.6 Å². The number of carbonyl (C=O) groups excluding carboxylic acids is 1. The molecule has 0 aromatic rings. The molecule has 0 rings (SSSR count). The highest BCUT2D eigenvalue weighted by atomic mass is 19.1. The van der Waals surface area contributed by atoms with Gasteiger partial charge in [-0.3, -0.25) is 0 Å². The molecule has 5 heteroatoms. The van der Waals surface area contributed by atoms with Crippen molar-refractivity contribution < 1.29 is 13.9 Å². The molecule has 1 atom stereocenters. The van der Waals surface area contributed by atoms with E-state index in [0.29, 0.717) is 0 Å². The number of allylic oxidation sites excluding steroid dienone is 2. The van der Waals surface area contributed by atoms with E-state index in [0.717, 1.165) is 6.08 Å². The van der Waals surface area contributed by atoms with Crippen LogP contribution in [-0.4, -0.2) is 17.9 Å². The SMILES string of the molecule is C=C/C(F)=C\CC(N)NC(=O)OC(C)(C)C. The number of hydrogen-bond donors (Lipinski definition) is 2. The lowest BCUT2D eigenvalue weighted by Crippen LogP contribution is -2.43. The molecule has 0 heterocycles. The highest BCUT2D eigenvalue weighted by Crippen LogP contribution is 2.07. The molecule has 0 radical (unpaired) electrons. The van der Waals surface area contributed by atoms with Gasteiger partial charge in [0.2, 0.25) is 0 Å². The molecule has 4 nitrogen and oxygen atoms in total. The second-order valence-electron chi connectivity index (χ2n) is 4.28. The number of amides is 1. The van der Waals surface area contributed by atoms with Gasteiger partial charge in [0.25, 0.3) is 0 Å². The van der Waals surface area contributed by atoms with Gasteiger partial charge < -0.3 is 15.8 Å². The third kappa shape index (κ3) is 7.99. The predicted molar refractivity (Wildman–Crippen MR) is 61.4 cm³/mol. The largest absolute Gasteiger partial charge is 0.444 e. The summed E-state index contributed by atoms with van der Waals surface area (Å²) in [4.78, 5) is 11.2. The Labute approximate surface area is 95.3 Å². The highest BCUT2D eigenvalue weighted by Gasteiger charge is 2.17. The summed E-state index contributed by atoms with van der Waals surface area (Å²) in [5.74, 6) is -0.471. The van der Waals surface area contributed by atoms with E-state index in [1.807, 2.05) is 0 Å². The summed E-state index contributed by atoms with van der Waals surface area (Å²) >= 11 is 0. The van der Waals surface area contributed by atoms with E-state index in [9.17, 15) is 9.18 Å². The van der Waals surface area contributed by atoms with Crippen LogP contribution < -0.4 is 11.1 Å². The zero-order valence-electron chi connectivity index (χ0n) is 9.92. The fourth-order valence-corrected chi connectivity index (χ4v) is 0.841. The van der Waals surface area contributed by atoms with E-state index in [-0.39, 0.29) is 6.42 Å². The molecule has 0 spiro atoms. The van der Waals surface area contributed by atoms with Gasteiger partial charge in [-0.15, -0.1) is 0 Å². The van der Waals surface area contributed by atoms with Gasteiger partial charge in [0.1, 0.15) is 11.4 Å². The quantitative estimate of drug-likeness (QED) is 0.575. The zero-order valence-corrected chi connectivity index (χ0v) is 9.92. The first-order valence-corrected chi connectivity index (χ1v) is 4.98. The summed E-state index contributed by atoms with van der Waals surface area (Å²) in [6, 6.07) is 0. The van der Waals surface area contributed by atoms with Gasteiger partial charge in [0, 0.05) is 6.42 Å². The Bertz CT molecular complexity index is 282. The molecule has 92 valence electrons. The normalized spacial score (nSPS) is 14.2. The number of rotatable bonds is 4. The average molecular weight is 230 g/mol. The minimum atomic E-state index is -0.680. The summed E-state index contributed by atoms with van der Waals surface area (Å²) in [5, 5.41) is 2.39. The van der Waals surface area contributed by atoms with Crippen LogP contribution in [0, 0.1) is 0 Å². The van der Waals surface area contributed by atoms with E-state index in [1.54, 1.807) is 20.8 Å². The van der Waals surface area contributed by atoms with Crippen LogP contribution in [0.2, 0.25) is 0 Å². The fourth-order valence-electron chi connectivity index (χ4n) is 0.841. The second kappa shape index (κ2) is 6.27. The Balaban J connectivity index is 4.01. The number of alkyl carbamates (subject to hydrolysis) is 1.